The van der Waals surface area contributed by atoms with E-state index in [9.17, 15) is 31.1 Å². The van der Waals surface area contributed by atoms with E-state index in [1.54, 1.807) is 6.20 Å². The summed E-state index contributed by atoms with van der Waals surface area (Å²) < 4.78 is 69.4. The molecule has 9 nitrogen and oxygen atoms in total. The van der Waals surface area contributed by atoms with Crippen molar-refractivity contribution in [3.63, 3.8) is 0 Å². The maximum atomic E-state index is 13.0. The molecule has 0 spiro atoms. The first kappa shape index (κ1) is 31.3. The van der Waals surface area contributed by atoms with Crippen LogP contribution in [0.5, 0.6) is 0 Å². The second-order valence-electron chi connectivity index (χ2n) is 9.04. The Hall–Kier alpha value is -2.94. The summed E-state index contributed by atoms with van der Waals surface area (Å²) in [5.74, 6) is -5.33. The normalized spacial score (nSPS) is 23.5. The summed E-state index contributed by atoms with van der Waals surface area (Å²) in [5, 5.41) is 17.4. The lowest BCUT2D eigenvalue weighted by Crippen LogP contribution is -2.60. The Labute approximate surface area is 214 Å². The Morgan fingerprint density at radius 2 is 1.66 bits per heavy atom. The summed E-state index contributed by atoms with van der Waals surface area (Å²) in [6.07, 6.45) is -1.71. The van der Waals surface area contributed by atoms with Crippen molar-refractivity contribution in [1.82, 2.24) is 15.2 Å². The molecule has 2 atom stereocenters. The number of carbonyl (C=O) groups excluding carboxylic acids is 1. The number of piperidine rings is 1. The van der Waals surface area contributed by atoms with Crippen molar-refractivity contribution < 1.29 is 55.7 Å². The summed E-state index contributed by atoms with van der Waals surface area (Å²) >= 11 is 0. The summed E-state index contributed by atoms with van der Waals surface area (Å²) in [4.78, 5) is 37.7. The first-order chi connectivity index (χ1) is 17.7. The molecule has 0 unspecified atom stereocenters. The molecule has 1 aromatic heterocycles. The number of hydrogen-bond acceptors (Lipinski definition) is 6. The average molecular weight is 557 g/mol. The number of fused-ring (bicyclic) bond motifs is 1. The number of rotatable bonds is 5. The molecule has 3 fully saturated rings. The van der Waals surface area contributed by atoms with Crippen molar-refractivity contribution in [3.05, 3.63) is 30.1 Å². The molecule has 1 amide bonds. The molecule has 1 saturated carbocycles. The van der Waals surface area contributed by atoms with Crippen molar-refractivity contribution >= 4 is 17.8 Å². The fourth-order valence-corrected chi connectivity index (χ4v) is 4.39. The van der Waals surface area contributed by atoms with E-state index < -0.39 is 24.3 Å². The van der Waals surface area contributed by atoms with Gasteiger partial charge in [0.1, 0.15) is 0 Å². The zero-order valence-electron chi connectivity index (χ0n) is 20.2. The monoisotopic (exact) mass is 557 g/mol. The van der Waals surface area contributed by atoms with Crippen LogP contribution in [0.2, 0.25) is 0 Å². The van der Waals surface area contributed by atoms with Crippen LogP contribution in [0.25, 0.3) is 0 Å². The minimum absolute atomic E-state index is 0.101. The van der Waals surface area contributed by atoms with Crippen LogP contribution in [0.4, 0.5) is 26.3 Å². The van der Waals surface area contributed by atoms with Gasteiger partial charge in [-0.2, -0.15) is 26.3 Å². The van der Waals surface area contributed by atoms with Gasteiger partial charge in [0.15, 0.2) is 0 Å². The van der Waals surface area contributed by atoms with E-state index >= 15 is 0 Å². The number of pyridine rings is 1. The number of likely N-dealkylation sites (tertiary alicyclic amines) is 1. The van der Waals surface area contributed by atoms with Gasteiger partial charge in [0.05, 0.1) is 11.5 Å². The Kier molecular flexibility index (Phi) is 10.9. The predicted molar refractivity (Wildman–Crippen MR) is 119 cm³/mol. The molecule has 0 radical (unpaired) electrons. The number of aromatic nitrogens is 1. The number of hydrogen-bond donors (Lipinski definition) is 3. The number of aliphatic carboxylic acids is 2. The van der Waals surface area contributed by atoms with Crippen molar-refractivity contribution in [2.45, 2.75) is 63.0 Å². The van der Waals surface area contributed by atoms with E-state index in [0.717, 1.165) is 44.7 Å². The lowest BCUT2D eigenvalue weighted by atomic mass is 9.74. The number of ether oxygens (including phenoxy) is 1. The van der Waals surface area contributed by atoms with Crippen LogP contribution in [-0.2, 0) is 25.5 Å². The fraction of sp³-hybridized carbons (Fsp3) is 0.652. The lowest BCUT2D eigenvalue weighted by Gasteiger charge is -2.47. The topological polar surface area (TPSA) is 129 Å². The molecule has 1 aliphatic carbocycles. The van der Waals surface area contributed by atoms with E-state index in [0.29, 0.717) is 12.6 Å². The average Bonchev–Trinajstić information content (AvgIpc) is 3.23. The predicted octanol–water partition coefficient (Wildman–Crippen LogP) is 3.04. The molecule has 15 heteroatoms. The van der Waals surface area contributed by atoms with Crippen molar-refractivity contribution in [3.8, 4) is 0 Å². The summed E-state index contributed by atoms with van der Waals surface area (Å²) in [7, 11) is 0. The first-order valence-electron chi connectivity index (χ1n) is 11.8. The molecule has 1 aromatic rings. The molecule has 214 valence electrons. The van der Waals surface area contributed by atoms with E-state index in [2.05, 4.69) is 15.2 Å². The SMILES string of the molecule is O=C(NCCc1ccccn1)[C@@]12CCO[C@@H]1CCN(C1CCC1)C2.O=C(O)C(F)(F)F.O=C(O)C(F)(F)F. The molecule has 0 aromatic carbocycles. The van der Waals surface area contributed by atoms with Gasteiger partial charge in [-0.25, -0.2) is 9.59 Å². The van der Waals surface area contributed by atoms with Crippen LogP contribution < -0.4 is 5.32 Å². The highest BCUT2D eigenvalue weighted by Crippen LogP contribution is 2.43. The third kappa shape index (κ3) is 8.82. The Morgan fingerprint density at radius 1 is 1.05 bits per heavy atom. The van der Waals surface area contributed by atoms with Crippen LogP contribution >= 0.6 is 0 Å². The van der Waals surface area contributed by atoms with Crippen molar-refractivity contribution in [2.75, 3.05) is 26.2 Å². The Morgan fingerprint density at radius 3 is 2.13 bits per heavy atom. The smallest absolute Gasteiger partial charge is 0.475 e. The first-order valence-corrected chi connectivity index (χ1v) is 11.8. The van der Waals surface area contributed by atoms with Crippen molar-refractivity contribution in [1.29, 1.82) is 0 Å². The molecular weight excluding hydrogens is 528 g/mol. The highest BCUT2D eigenvalue weighted by atomic mass is 19.4. The van der Waals surface area contributed by atoms with Gasteiger partial charge in [-0.05, 0) is 37.8 Å². The van der Waals surface area contributed by atoms with Crippen LogP contribution in [0.1, 0.15) is 37.8 Å². The third-order valence-corrected chi connectivity index (χ3v) is 6.57. The number of nitrogens with zero attached hydrogens (tertiary/aromatic N) is 2. The third-order valence-electron chi connectivity index (χ3n) is 6.57. The zero-order valence-corrected chi connectivity index (χ0v) is 20.2. The van der Waals surface area contributed by atoms with Crippen molar-refractivity contribution in [2.24, 2.45) is 5.41 Å². The van der Waals surface area contributed by atoms with Crippen LogP contribution in [0.15, 0.2) is 24.4 Å². The van der Waals surface area contributed by atoms with Gasteiger partial charge in [-0.1, -0.05) is 12.5 Å². The number of carboxylic acids is 2. The highest BCUT2D eigenvalue weighted by molar-refractivity contribution is 5.84. The molecular formula is C23H29F6N3O6. The quantitative estimate of drug-likeness (QED) is 0.472. The maximum Gasteiger partial charge on any atom is 0.490 e. The van der Waals surface area contributed by atoms with Gasteiger partial charge in [0.25, 0.3) is 0 Å². The minimum atomic E-state index is -5.08. The Balaban J connectivity index is 0.000000301. The van der Waals surface area contributed by atoms with E-state index in [-0.39, 0.29) is 17.4 Å². The molecule has 3 heterocycles. The second-order valence-corrected chi connectivity index (χ2v) is 9.04. The molecule has 2 aliphatic heterocycles. The number of alkyl halides is 6. The van der Waals surface area contributed by atoms with Gasteiger partial charge >= 0.3 is 24.3 Å². The fourth-order valence-electron chi connectivity index (χ4n) is 4.39. The number of carboxylic acid groups (broad SMARTS) is 2. The molecule has 0 bridgehead atoms. The van der Waals surface area contributed by atoms with Crippen LogP contribution in [0, 0.1) is 5.41 Å². The number of nitrogens with one attached hydrogen (secondary N) is 1. The highest BCUT2D eigenvalue weighted by Gasteiger charge is 2.54. The number of amides is 1. The van der Waals surface area contributed by atoms with Gasteiger partial charge in [0.2, 0.25) is 5.91 Å². The zero-order chi connectivity index (χ0) is 28.6. The molecule has 3 N–H and O–H groups in total. The van der Waals surface area contributed by atoms with E-state index in [1.807, 2.05) is 18.2 Å². The summed E-state index contributed by atoms with van der Waals surface area (Å²) in [6, 6.07) is 6.61. The van der Waals surface area contributed by atoms with Gasteiger partial charge in [0, 0.05) is 50.6 Å². The standard InChI is InChI=1S/C19H27N3O2.2C2HF3O2/c23-18(21-11-7-15-4-1-2-10-20-15)19-9-13-24-17(19)8-12-22(14-19)16-5-3-6-16;2*3-2(4,5)1(6)7/h1-2,4,10,16-17H,3,5-9,11-14H2,(H,21,23);2*(H,6,7)/t17-,19-;;/m1../s1. The van der Waals surface area contributed by atoms with E-state index in [1.165, 1.54) is 19.3 Å². The van der Waals surface area contributed by atoms with Crippen LogP contribution in [0.3, 0.4) is 0 Å². The lowest BCUT2D eigenvalue weighted by molar-refractivity contribution is -0.193. The molecule has 3 aliphatic rings. The van der Waals surface area contributed by atoms with Gasteiger partial charge in [-0.15, -0.1) is 0 Å². The Bertz CT molecular complexity index is 918. The van der Waals surface area contributed by atoms with Gasteiger partial charge in [-0.3, -0.25) is 14.7 Å². The molecule has 38 heavy (non-hydrogen) atoms. The summed E-state index contributed by atoms with van der Waals surface area (Å²) in [5.41, 5.74) is 0.687. The second kappa shape index (κ2) is 13.2. The van der Waals surface area contributed by atoms with Gasteiger partial charge < -0.3 is 20.3 Å². The maximum absolute atomic E-state index is 13.0. The molecule has 4 rings (SSSR count). The number of carbonyl (C=O) groups is 3. The largest absolute Gasteiger partial charge is 0.490 e. The van der Waals surface area contributed by atoms with E-state index in [4.69, 9.17) is 24.5 Å². The van der Waals surface area contributed by atoms with Crippen LogP contribution in [-0.4, -0.2) is 88.7 Å². The molecule has 2 saturated heterocycles. The minimum Gasteiger partial charge on any atom is -0.475 e. The summed E-state index contributed by atoms with van der Waals surface area (Å²) in [6.45, 7) is 3.32. The number of halogens is 6.